The van der Waals surface area contributed by atoms with Crippen molar-refractivity contribution in [3.8, 4) is 22.6 Å². The van der Waals surface area contributed by atoms with Gasteiger partial charge in [0.1, 0.15) is 17.3 Å². The van der Waals surface area contributed by atoms with E-state index in [9.17, 15) is 9.18 Å². The number of carbonyl (C=O) groups is 1. The van der Waals surface area contributed by atoms with Crippen LogP contribution >= 0.6 is 0 Å². The fourth-order valence-corrected chi connectivity index (χ4v) is 4.63. The third-order valence-corrected chi connectivity index (χ3v) is 6.44. The van der Waals surface area contributed by atoms with Crippen LogP contribution in [-0.2, 0) is 0 Å². The summed E-state index contributed by atoms with van der Waals surface area (Å²) in [7, 11) is 1.58. The van der Waals surface area contributed by atoms with Crippen LogP contribution in [0.25, 0.3) is 16.7 Å². The van der Waals surface area contributed by atoms with E-state index in [0.717, 1.165) is 39.2 Å². The second-order valence-electron chi connectivity index (χ2n) is 9.82. The van der Waals surface area contributed by atoms with E-state index in [0.29, 0.717) is 18.0 Å². The summed E-state index contributed by atoms with van der Waals surface area (Å²) in [5.41, 5.74) is 6.44. The van der Waals surface area contributed by atoms with Gasteiger partial charge in [0.2, 0.25) is 5.76 Å². The number of furan rings is 1. The maximum absolute atomic E-state index is 13.8. The molecule has 0 amide bonds. The van der Waals surface area contributed by atoms with E-state index < -0.39 is 5.97 Å². The van der Waals surface area contributed by atoms with Crippen LogP contribution in [0.5, 0.6) is 11.5 Å². The molecule has 1 aliphatic rings. The Morgan fingerprint density at radius 1 is 1.05 bits per heavy atom. The molecule has 0 spiro atoms. The Kier molecular flexibility index (Phi) is 6.68. The zero-order chi connectivity index (χ0) is 26.9. The number of fused-ring (bicyclic) bond motifs is 1. The minimum atomic E-state index is -0.580. The minimum absolute atomic E-state index is 0.125. The van der Waals surface area contributed by atoms with Crippen molar-refractivity contribution in [3.63, 3.8) is 0 Å². The van der Waals surface area contributed by atoms with Crippen molar-refractivity contribution in [2.75, 3.05) is 24.3 Å². The maximum Gasteiger partial charge on any atom is 0.379 e. The number of halogens is 1. The van der Waals surface area contributed by atoms with E-state index in [1.165, 1.54) is 18.4 Å². The summed E-state index contributed by atoms with van der Waals surface area (Å²) in [6.45, 7) is 6.72. The lowest BCUT2D eigenvalue weighted by Crippen LogP contribution is -2.32. The van der Waals surface area contributed by atoms with Crippen LogP contribution in [0.1, 0.15) is 35.5 Å². The number of rotatable bonds is 7. The molecule has 2 heterocycles. The summed E-state index contributed by atoms with van der Waals surface area (Å²) in [6, 6.07) is 19.4. The Bertz CT molecular complexity index is 1520. The Morgan fingerprint density at radius 3 is 2.66 bits per heavy atom. The SMILES string of the molecule is COc1cc(OC(=O)c2ccco2)ccc1-c1ccc2c(c1)C(CNc1cc(F)ccc1C)=CC(C)(C)N2. The molecule has 2 N–H and O–H groups in total. The molecular formula is C31H29FN2O4. The number of nitrogens with one attached hydrogen (secondary N) is 2. The van der Waals surface area contributed by atoms with Crippen LogP contribution in [-0.4, -0.2) is 25.2 Å². The number of carbonyl (C=O) groups excluding carboxylic acids is 1. The van der Waals surface area contributed by atoms with Gasteiger partial charge in [-0.25, -0.2) is 9.18 Å². The van der Waals surface area contributed by atoms with Crippen molar-refractivity contribution >= 4 is 22.9 Å². The van der Waals surface area contributed by atoms with Crippen molar-refractivity contribution in [1.29, 1.82) is 0 Å². The van der Waals surface area contributed by atoms with Gasteiger partial charge in [-0.05, 0) is 86.0 Å². The third-order valence-electron chi connectivity index (χ3n) is 6.44. The molecule has 5 rings (SSSR count). The van der Waals surface area contributed by atoms with E-state index >= 15 is 0 Å². The molecule has 38 heavy (non-hydrogen) atoms. The molecule has 0 unspecified atom stereocenters. The van der Waals surface area contributed by atoms with Crippen molar-refractivity contribution in [2.24, 2.45) is 0 Å². The first-order valence-electron chi connectivity index (χ1n) is 12.3. The molecule has 7 heteroatoms. The van der Waals surface area contributed by atoms with Gasteiger partial charge >= 0.3 is 5.97 Å². The van der Waals surface area contributed by atoms with Crippen LogP contribution in [0.2, 0.25) is 0 Å². The van der Waals surface area contributed by atoms with E-state index in [1.54, 1.807) is 37.4 Å². The summed E-state index contributed by atoms with van der Waals surface area (Å²) in [5.74, 6) is 0.190. The van der Waals surface area contributed by atoms with Crippen LogP contribution in [0.15, 0.2) is 83.5 Å². The second-order valence-corrected chi connectivity index (χ2v) is 9.82. The molecule has 0 saturated heterocycles. The summed E-state index contributed by atoms with van der Waals surface area (Å²) in [5, 5.41) is 6.98. The number of aryl methyl sites for hydroxylation is 1. The van der Waals surface area contributed by atoms with E-state index in [1.807, 2.05) is 19.1 Å². The Balaban J connectivity index is 1.44. The predicted molar refractivity (Wildman–Crippen MR) is 147 cm³/mol. The third kappa shape index (κ3) is 5.27. The first-order chi connectivity index (χ1) is 18.2. The van der Waals surface area contributed by atoms with Gasteiger partial charge in [-0.3, -0.25) is 0 Å². The molecule has 0 saturated carbocycles. The highest BCUT2D eigenvalue weighted by molar-refractivity contribution is 5.89. The fraction of sp³-hybridized carbons (Fsp3) is 0.194. The van der Waals surface area contributed by atoms with Gasteiger partial charge in [-0.1, -0.05) is 18.2 Å². The van der Waals surface area contributed by atoms with Crippen LogP contribution in [0.3, 0.4) is 0 Å². The largest absolute Gasteiger partial charge is 0.496 e. The van der Waals surface area contributed by atoms with Crippen LogP contribution in [0, 0.1) is 12.7 Å². The Hall–Kier alpha value is -4.52. The maximum atomic E-state index is 13.8. The first kappa shape index (κ1) is 25.1. The number of ether oxygens (including phenoxy) is 2. The number of anilines is 2. The molecule has 0 fully saturated rings. The average molecular weight is 513 g/mol. The zero-order valence-corrected chi connectivity index (χ0v) is 21.7. The number of esters is 1. The first-order valence-corrected chi connectivity index (χ1v) is 12.3. The minimum Gasteiger partial charge on any atom is -0.496 e. The summed E-state index contributed by atoms with van der Waals surface area (Å²) < 4.78 is 30.1. The molecular weight excluding hydrogens is 483 g/mol. The molecule has 0 bridgehead atoms. The highest BCUT2D eigenvalue weighted by atomic mass is 19.1. The molecule has 0 aliphatic carbocycles. The molecule has 0 radical (unpaired) electrons. The van der Waals surface area contributed by atoms with Gasteiger partial charge in [-0.2, -0.15) is 0 Å². The smallest absolute Gasteiger partial charge is 0.379 e. The number of hydrogen-bond acceptors (Lipinski definition) is 6. The zero-order valence-electron chi connectivity index (χ0n) is 21.7. The van der Waals surface area contributed by atoms with Crippen LogP contribution in [0.4, 0.5) is 15.8 Å². The standard InChI is InChI=1S/C31H29FN2O4/c1-19-7-9-22(32)15-27(19)33-18-21-17-31(2,3)34-26-12-8-20(14-25(21)26)24-11-10-23(16-29(24)36-4)38-30(35)28-6-5-13-37-28/h5-17,33-34H,18H2,1-4H3. The molecule has 194 valence electrons. The van der Waals surface area contributed by atoms with Crippen LogP contribution < -0.4 is 20.1 Å². The number of benzene rings is 3. The lowest BCUT2D eigenvalue weighted by Gasteiger charge is -2.33. The van der Waals surface area contributed by atoms with Gasteiger partial charge < -0.3 is 24.5 Å². The Labute approximate surface area is 221 Å². The molecule has 0 atom stereocenters. The second kappa shape index (κ2) is 10.1. The van der Waals surface area contributed by atoms with Gasteiger partial charge in [0.05, 0.1) is 18.9 Å². The fourth-order valence-electron chi connectivity index (χ4n) is 4.63. The molecule has 6 nitrogen and oxygen atoms in total. The Morgan fingerprint density at radius 2 is 1.89 bits per heavy atom. The van der Waals surface area contributed by atoms with Gasteiger partial charge in [0, 0.05) is 35.1 Å². The lowest BCUT2D eigenvalue weighted by atomic mass is 9.88. The van der Waals surface area contributed by atoms with Crippen molar-refractivity contribution in [2.45, 2.75) is 26.3 Å². The summed E-state index contributed by atoms with van der Waals surface area (Å²) in [6.07, 6.45) is 3.61. The lowest BCUT2D eigenvalue weighted by molar-refractivity contribution is 0.0701. The summed E-state index contributed by atoms with van der Waals surface area (Å²) in [4.78, 5) is 12.3. The number of methoxy groups -OCH3 is 1. The number of hydrogen-bond donors (Lipinski definition) is 2. The van der Waals surface area contributed by atoms with Gasteiger partial charge in [-0.15, -0.1) is 0 Å². The van der Waals surface area contributed by atoms with Crippen molar-refractivity contribution in [1.82, 2.24) is 0 Å². The molecule has 4 aromatic rings. The van der Waals surface area contributed by atoms with E-state index in [2.05, 4.69) is 42.7 Å². The van der Waals surface area contributed by atoms with Crippen molar-refractivity contribution < 1.29 is 23.1 Å². The monoisotopic (exact) mass is 512 g/mol. The van der Waals surface area contributed by atoms with Gasteiger partial charge in [0.25, 0.3) is 0 Å². The van der Waals surface area contributed by atoms with Crippen molar-refractivity contribution in [3.05, 3.63) is 102 Å². The van der Waals surface area contributed by atoms with Gasteiger partial charge in [0.15, 0.2) is 0 Å². The molecule has 3 aromatic carbocycles. The average Bonchev–Trinajstić information content (AvgIpc) is 3.44. The molecule has 1 aliphatic heterocycles. The topological polar surface area (TPSA) is 72.7 Å². The summed E-state index contributed by atoms with van der Waals surface area (Å²) >= 11 is 0. The van der Waals surface area contributed by atoms with E-state index in [-0.39, 0.29) is 17.1 Å². The quantitative estimate of drug-likeness (QED) is 0.200. The molecule has 1 aromatic heterocycles. The van der Waals surface area contributed by atoms with E-state index in [4.69, 9.17) is 13.9 Å². The highest BCUT2D eigenvalue weighted by Crippen LogP contribution is 2.40. The highest BCUT2D eigenvalue weighted by Gasteiger charge is 2.25. The predicted octanol–water partition coefficient (Wildman–Crippen LogP) is 7.32. The normalized spacial score (nSPS) is 13.7.